The van der Waals surface area contributed by atoms with Gasteiger partial charge in [-0.3, -0.25) is 0 Å². The van der Waals surface area contributed by atoms with Crippen molar-refractivity contribution in [1.82, 2.24) is 0 Å². The molecule has 3 rings (SSSR count). The standard InChI is InChI=1S/C29H38O/c1-3-5-6-22-30-23-27-16-20-29(21-17-27)28-18-14-26(15-19-28)13-12-25-10-8-24(7-4-2)9-11-25/h3-4,7-11,16-17,20-21,26,28H,1,5-6,12-15,18-19,22-23H2,2H3/b7-4-. The molecule has 0 N–H and O–H groups in total. The Morgan fingerprint density at radius 2 is 1.63 bits per heavy atom. The molecular formula is C29H38O. The summed E-state index contributed by atoms with van der Waals surface area (Å²) in [7, 11) is 0. The van der Waals surface area contributed by atoms with Crippen LogP contribution < -0.4 is 0 Å². The third kappa shape index (κ3) is 7.29. The van der Waals surface area contributed by atoms with Crippen molar-refractivity contribution in [2.45, 2.75) is 70.8 Å². The summed E-state index contributed by atoms with van der Waals surface area (Å²) < 4.78 is 5.75. The van der Waals surface area contributed by atoms with Crippen LogP contribution in [0.3, 0.4) is 0 Å². The van der Waals surface area contributed by atoms with E-state index in [-0.39, 0.29) is 0 Å². The highest BCUT2D eigenvalue weighted by atomic mass is 16.5. The van der Waals surface area contributed by atoms with E-state index in [9.17, 15) is 0 Å². The highest BCUT2D eigenvalue weighted by Gasteiger charge is 2.22. The molecule has 0 spiro atoms. The Labute approximate surface area is 183 Å². The van der Waals surface area contributed by atoms with E-state index in [0.29, 0.717) is 0 Å². The lowest BCUT2D eigenvalue weighted by Crippen LogP contribution is -2.14. The van der Waals surface area contributed by atoms with E-state index in [0.717, 1.165) is 37.9 Å². The van der Waals surface area contributed by atoms with Crippen LogP contribution in [0.1, 0.15) is 80.0 Å². The van der Waals surface area contributed by atoms with Crippen LogP contribution in [0.15, 0.2) is 67.3 Å². The molecule has 2 aromatic rings. The second-order valence-electron chi connectivity index (χ2n) is 8.72. The average molecular weight is 403 g/mol. The predicted octanol–water partition coefficient (Wildman–Crippen LogP) is 8.11. The molecule has 0 heterocycles. The largest absolute Gasteiger partial charge is 0.377 e. The monoisotopic (exact) mass is 402 g/mol. The quantitative estimate of drug-likeness (QED) is 0.272. The summed E-state index contributed by atoms with van der Waals surface area (Å²) >= 11 is 0. The minimum atomic E-state index is 0.722. The first kappa shape index (κ1) is 22.6. The summed E-state index contributed by atoms with van der Waals surface area (Å²) in [6, 6.07) is 18.2. The molecular weight excluding hydrogens is 364 g/mol. The average Bonchev–Trinajstić information content (AvgIpc) is 2.79. The highest BCUT2D eigenvalue weighted by Crippen LogP contribution is 2.37. The molecule has 30 heavy (non-hydrogen) atoms. The molecule has 1 nitrogen and oxygen atoms in total. The maximum Gasteiger partial charge on any atom is 0.0716 e. The Morgan fingerprint density at radius 1 is 0.933 bits per heavy atom. The second-order valence-corrected chi connectivity index (χ2v) is 8.72. The third-order valence-electron chi connectivity index (χ3n) is 6.44. The summed E-state index contributed by atoms with van der Waals surface area (Å²) in [5.41, 5.74) is 5.58. The van der Waals surface area contributed by atoms with Crippen molar-refractivity contribution in [2.75, 3.05) is 6.61 Å². The van der Waals surface area contributed by atoms with Crippen LogP contribution in [-0.2, 0) is 17.8 Å². The first-order valence-corrected chi connectivity index (χ1v) is 11.8. The number of ether oxygens (including phenoxy) is 1. The van der Waals surface area contributed by atoms with Gasteiger partial charge in [-0.05, 0) is 92.4 Å². The van der Waals surface area contributed by atoms with Crippen molar-refractivity contribution >= 4 is 6.08 Å². The van der Waals surface area contributed by atoms with Gasteiger partial charge in [-0.2, -0.15) is 0 Å². The van der Waals surface area contributed by atoms with E-state index in [4.69, 9.17) is 4.74 Å². The van der Waals surface area contributed by atoms with Gasteiger partial charge in [-0.1, -0.05) is 66.8 Å². The van der Waals surface area contributed by atoms with Gasteiger partial charge in [-0.25, -0.2) is 0 Å². The fourth-order valence-corrected chi connectivity index (χ4v) is 4.55. The number of benzene rings is 2. The van der Waals surface area contributed by atoms with Gasteiger partial charge in [0, 0.05) is 6.61 Å². The highest BCUT2D eigenvalue weighted by molar-refractivity contribution is 5.49. The van der Waals surface area contributed by atoms with Gasteiger partial charge in [0.1, 0.15) is 0 Å². The molecule has 2 aromatic carbocycles. The molecule has 0 atom stereocenters. The van der Waals surface area contributed by atoms with Gasteiger partial charge in [0.2, 0.25) is 0 Å². The van der Waals surface area contributed by atoms with Crippen molar-refractivity contribution in [2.24, 2.45) is 5.92 Å². The molecule has 0 unspecified atom stereocenters. The van der Waals surface area contributed by atoms with Gasteiger partial charge in [0.05, 0.1) is 6.61 Å². The van der Waals surface area contributed by atoms with Crippen LogP contribution in [0.5, 0.6) is 0 Å². The lowest BCUT2D eigenvalue weighted by Gasteiger charge is -2.29. The zero-order valence-electron chi connectivity index (χ0n) is 18.7. The molecule has 1 aliphatic rings. The van der Waals surface area contributed by atoms with Gasteiger partial charge < -0.3 is 4.74 Å². The topological polar surface area (TPSA) is 9.23 Å². The number of allylic oxidation sites excluding steroid dienone is 2. The van der Waals surface area contributed by atoms with E-state index in [1.807, 2.05) is 6.08 Å². The van der Waals surface area contributed by atoms with Crippen molar-refractivity contribution in [3.63, 3.8) is 0 Å². The molecule has 0 radical (unpaired) electrons. The summed E-state index contributed by atoms with van der Waals surface area (Å²) in [4.78, 5) is 0. The van der Waals surface area contributed by atoms with Crippen molar-refractivity contribution in [1.29, 1.82) is 0 Å². The Bertz CT molecular complexity index is 761. The fraction of sp³-hybridized carbons (Fsp3) is 0.448. The van der Waals surface area contributed by atoms with Gasteiger partial charge in [0.25, 0.3) is 0 Å². The van der Waals surface area contributed by atoms with Crippen molar-refractivity contribution in [3.8, 4) is 0 Å². The summed E-state index contributed by atoms with van der Waals surface area (Å²) in [5, 5.41) is 0. The van der Waals surface area contributed by atoms with E-state index in [2.05, 4.69) is 74.2 Å². The third-order valence-corrected chi connectivity index (χ3v) is 6.44. The van der Waals surface area contributed by atoms with Crippen molar-refractivity contribution < 1.29 is 4.74 Å². The van der Waals surface area contributed by atoms with E-state index < -0.39 is 0 Å². The smallest absolute Gasteiger partial charge is 0.0716 e. The molecule has 0 aromatic heterocycles. The summed E-state index contributed by atoms with van der Waals surface area (Å²) in [6.07, 6.45) is 16.3. The number of aryl methyl sites for hydroxylation is 1. The predicted molar refractivity (Wildman–Crippen MR) is 130 cm³/mol. The Morgan fingerprint density at radius 3 is 2.30 bits per heavy atom. The minimum absolute atomic E-state index is 0.722. The minimum Gasteiger partial charge on any atom is -0.377 e. The number of unbranched alkanes of at least 4 members (excludes halogenated alkanes) is 1. The Kier molecular flexibility index (Phi) is 9.44. The molecule has 1 heteroatoms. The molecule has 0 saturated heterocycles. The van der Waals surface area contributed by atoms with Crippen LogP contribution in [-0.4, -0.2) is 6.61 Å². The Hall–Kier alpha value is -2.12. The van der Waals surface area contributed by atoms with E-state index in [1.54, 1.807) is 0 Å². The van der Waals surface area contributed by atoms with Crippen LogP contribution in [0, 0.1) is 5.92 Å². The molecule has 160 valence electrons. The first-order valence-electron chi connectivity index (χ1n) is 11.8. The SMILES string of the molecule is C=CCCCOCc1ccc(C2CCC(CCc3ccc(/C=C\C)cc3)CC2)cc1. The lowest BCUT2D eigenvalue weighted by atomic mass is 9.77. The molecule has 0 bridgehead atoms. The lowest BCUT2D eigenvalue weighted by molar-refractivity contribution is 0.119. The summed E-state index contributed by atoms with van der Waals surface area (Å²) in [5.74, 6) is 1.63. The molecule has 0 amide bonds. The maximum atomic E-state index is 5.75. The molecule has 1 aliphatic carbocycles. The fourth-order valence-electron chi connectivity index (χ4n) is 4.55. The van der Waals surface area contributed by atoms with E-state index in [1.165, 1.54) is 60.8 Å². The zero-order valence-corrected chi connectivity index (χ0v) is 18.7. The maximum absolute atomic E-state index is 5.75. The molecule has 1 fully saturated rings. The number of hydrogen-bond donors (Lipinski definition) is 0. The van der Waals surface area contributed by atoms with Gasteiger partial charge in [0.15, 0.2) is 0 Å². The number of rotatable bonds is 11. The van der Waals surface area contributed by atoms with Crippen LogP contribution in [0.4, 0.5) is 0 Å². The normalized spacial score (nSPS) is 19.2. The van der Waals surface area contributed by atoms with Gasteiger partial charge in [-0.15, -0.1) is 6.58 Å². The van der Waals surface area contributed by atoms with E-state index >= 15 is 0 Å². The Balaban J connectivity index is 1.38. The summed E-state index contributed by atoms with van der Waals surface area (Å²) in [6.45, 7) is 7.36. The van der Waals surface area contributed by atoms with Crippen LogP contribution >= 0.6 is 0 Å². The van der Waals surface area contributed by atoms with Crippen LogP contribution in [0.25, 0.3) is 6.08 Å². The zero-order chi connectivity index (χ0) is 21.0. The molecule has 1 saturated carbocycles. The van der Waals surface area contributed by atoms with Crippen LogP contribution in [0.2, 0.25) is 0 Å². The second kappa shape index (κ2) is 12.5. The first-order chi connectivity index (χ1) is 14.8. The van der Waals surface area contributed by atoms with Gasteiger partial charge >= 0.3 is 0 Å². The number of hydrogen-bond acceptors (Lipinski definition) is 1. The van der Waals surface area contributed by atoms with Crippen molar-refractivity contribution in [3.05, 3.63) is 89.5 Å². The molecule has 0 aliphatic heterocycles.